The van der Waals surface area contributed by atoms with Gasteiger partial charge in [0.2, 0.25) is 0 Å². The number of hydrogen-bond acceptors (Lipinski definition) is 4. The first-order chi connectivity index (χ1) is 9.31. The fraction of sp³-hybridized carbons (Fsp3) is 0.692. The maximum atomic E-state index is 11.6. The minimum atomic E-state index is -0.142. The standard InChI is InChI=1S/C13H19N3O2S/c17-13(15-7-11-2-1-5-18-11)14-6-10-8-19-12(16-10)9-3-4-9/h8-9,11H,1-7H2,(H2,14,15,17)/t11-/m1/s1. The van der Waals surface area contributed by atoms with Crippen LogP contribution in [0.5, 0.6) is 0 Å². The van der Waals surface area contributed by atoms with Crippen molar-refractivity contribution in [1.82, 2.24) is 15.6 Å². The Bertz CT molecular complexity index is 439. The van der Waals surface area contributed by atoms with Gasteiger partial charge in [0, 0.05) is 24.4 Å². The van der Waals surface area contributed by atoms with Crippen molar-refractivity contribution in [2.24, 2.45) is 0 Å². The molecule has 0 bridgehead atoms. The second-order valence-electron chi connectivity index (χ2n) is 5.15. The third-order valence-corrected chi connectivity index (χ3v) is 4.50. The summed E-state index contributed by atoms with van der Waals surface area (Å²) in [5.41, 5.74) is 0.958. The van der Waals surface area contributed by atoms with E-state index in [9.17, 15) is 4.79 Å². The number of nitrogens with zero attached hydrogens (tertiary/aromatic N) is 1. The summed E-state index contributed by atoms with van der Waals surface area (Å²) in [6.07, 6.45) is 4.85. The maximum Gasteiger partial charge on any atom is 0.315 e. The Labute approximate surface area is 116 Å². The lowest BCUT2D eigenvalue weighted by Gasteiger charge is -2.11. The van der Waals surface area contributed by atoms with Crippen LogP contribution >= 0.6 is 11.3 Å². The molecule has 0 unspecified atom stereocenters. The Morgan fingerprint density at radius 3 is 3.05 bits per heavy atom. The molecule has 0 radical (unpaired) electrons. The molecule has 2 heterocycles. The van der Waals surface area contributed by atoms with E-state index in [1.54, 1.807) is 11.3 Å². The quantitative estimate of drug-likeness (QED) is 0.867. The van der Waals surface area contributed by atoms with Crippen molar-refractivity contribution in [3.8, 4) is 0 Å². The number of ether oxygens (including phenoxy) is 1. The summed E-state index contributed by atoms with van der Waals surface area (Å²) in [5, 5.41) is 8.93. The van der Waals surface area contributed by atoms with Crippen molar-refractivity contribution in [2.75, 3.05) is 13.2 Å². The Hall–Kier alpha value is -1.14. The molecular formula is C13H19N3O2S. The highest BCUT2D eigenvalue weighted by molar-refractivity contribution is 7.09. The molecule has 2 fully saturated rings. The van der Waals surface area contributed by atoms with Crippen molar-refractivity contribution in [3.05, 3.63) is 16.1 Å². The molecule has 1 saturated carbocycles. The van der Waals surface area contributed by atoms with E-state index >= 15 is 0 Å². The average molecular weight is 281 g/mol. The summed E-state index contributed by atoms with van der Waals surface area (Å²) in [7, 11) is 0. The molecule has 0 aromatic carbocycles. The summed E-state index contributed by atoms with van der Waals surface area (Å²) in [6.45, 7) is 1.91. The van der Waals surface area contributed by atoms with Gasteiger partial charge in [-0.3, -0.25) is 0 Å². The number of aromatic nitrogens is 1. The highest BCUT2D eigenvalue weighted by Crippen LogP contribution is 2.41. The molecule has 6 heteroatoms. The van der Waals surface area contributed by atoms with E-state index in [0.717, 1.165) is 25.1 Å². The van der Waals surface area contributed by atoms with Crippen molar-refractivity contribution in [3.63, 3.8) is 0 Å². The van der Waals surface area contributed by atoms with Gasteiger partial charge in [-0.1, -0.05) is 0 Å². The topological polar surface area (TPSA) is 63.2 Å². The summed E-state index contributed by atoms with van der Waals surface area (Å²) >= 11 is 1.70. The molecule has 1 aromatic rings. The Balaban J connectivity index is 1.36. The lowest BCUT2D eigenvalue weighted by atomic mass is 10.2. The number of carbonyl (C=O) groups is 1. The molecule has 1 aliphatic heterocycles. The van der Waals surface area contributed by atoms with E-state index < -0.39 is 0 Å². The van der Waals surface area contributed by atoms with Gasteiger partial charge in [-0.2, -0.15) is 0 Å². The van der Waals surface area contributed by atoms with Gasteiger partial charge in [0.25, 0.3) is 0 Å². The van der Waals surface area contributed by atoms with Crippen LogP contribution in [0.15, 0.2) is 5.38 Å². The van der Waals surface area contributed by atoms with Gasteiger partial charge in [0.15, 0.2) is 0 Å². The molecule has 1 aromatic heterocycles. The molecule has 5 nitrogen and oxygen atoms in total. The molecule has 2 aliphatic rings. The fourth-order valence-corrected chi connectivity index (χ4v) is 3.16. The van der Waals surface area contributed by atoms with Crippen LogP contribution in [0, 0.1) is 0 Å². The lowest BCUT2D eigenvalue weighted by Crippen LogP contribution is -2.39. The average Bonchev–Trinajstić information content (AvgIpc) is 2.95. The van der Waals surface area contributed by atoms with Gasteiger partial charge >= 0.3 is 6.03 Å². The van der Waals surface area contributed by atoms with Gasteiger partial charge in [0.05, 0.1) is 23.4 Å². The Morgan fingerprint density at radius 2 is 2.32 bits per heavy atom. The lowest BCUT2D eigenvalue weighted by molar-refractivity contribution is 0.111. The third kappa shape index (κ3) is 3.67. The van der Waals surface area contributed by atoms with Gasteiger partial charge < -0.3 is 15.4 Å². The predicted molar refractivity (Wildman–Crippen MR) is 73.3 cm³/mol. The number of urea groups is 1. The smallest absolute Gasteiger partial charge is 0.315 e. The van der Waals surface area contributed by atoms with Gasteiger partial charge in [0.1, 0.15) is 0 Å². The maximum absolute atomic E-state index is 11.6. The molecule has 0 spiro atoms. The number of nitrogens with one attached hydrogen (secondary N) is 2. The molecular weight excluding hydrogens is 262 g/mol. The van der Waals surface area contributed by atoms with Crippen LogP contribution in [-0.2, 0) is 11.3 Å². The SMILES string of the molecule is O=C(NCc1csc(C2CC2)n1)NC[C@H]1CCCO1. The van der Waals surface area contributed by atoms with E-state index in [-0.39, 0.29) is 12.1 Å². The van der Waals surface area contributed by atoms with Crippen LogP contribution in [0.3, 0.4) is 0 Å². The van der Waals surface area contributed by atoms with Crippen molar-refractivity contribution < 1.29 is 9.53 Å². The largest absolute Gasteiger partial charge is 0.376 e. The van der Waals surface area contributed by atoms with Crippen LogP contribution in [0.25, 0.3) is 0 Å². The van der Waals surface area contributed by atoms with Crippen LogP contribution in [0.1, 0.15) is 42.3 Å². The monoisotopic (exact) mass is 281 g/mol. The summed E-state index contributed by atoms with van der Waals surface area (Å²) < 4.78 is 5.45. The first-order valence-electron chi connectivity index (χ1n) is 6.89. The molecule has 1 atom stereocenters. The summed E-state index contributed by atoms with van der Waals surface area (Å²) in [5.74, 6) is 0.687. The van der Waals surface area contributed by atoms with Crippen LogP contribution in [-0.4, -0.2) is 30.3 Å². The molecule has 2 N–H and O–H groups in total. The van der Waals surface area contributed by atoms with Crippen molar-refractivity contribution in [2.45, 2.75) is 44.2 Å². The highest BCUT2D eigenvalue weighted by atomic mass is 32.1. The van der Waals surface area contributed by atoms with Crippen LogP contribution in [0.2, 0.25) is 0 Å². The number of thiazole rings is 1. The minimum absolute atomic E-state index is 0.142. The predicted octanol–water partition coefficient (Wildman–Crippen LogP) is 2.00. The van der Waals surface area contributed by atoms with Gasteiger partial charge in [-0.25, -0.2) is 9.78 Å². The van der Waals surface area contributed by atoms with E-state index in [0.29, 0.717) is 19.0 Å². The van der Waals surface area contributed by atoms with E-state index in [2.05, 4.69) is 15.6 Å². The van der Waals surface area contributed by atoms with Crippen LogP contribution in [0.4, 0.5) is 4.79 Å². The second kappa shape index (κ2) is 5.88. The number of rotatable bonds is 5. The van der Waals surface area contributed by atoms with Crippen LogP contribution < -0.4 is 10.6 Å². The Morgan fingerprint density at radius 1 is 1.42 bits per heavy atom. The molecule has 1 saturated heterocycles. The summed E-state index contributed by atoms with van der Waals surface area (Å²) in [6, 6.07) is -0.142. The van der Waals surface area contributed by atoms with Gasteiger partial charge in [-0.15, -0.1) is 11.3 Å². The van der Waals surface area contributed by atoms with E-state index in [4.69, 9.17) is 4.74 Å². The first-order valence-corrected chi connectivity index (χ1v) is 7.77. The van der Waals surface area contributed by atoms with Crippen molar-refractivity contribution >= 4 is 17.4 Å². The second-order valence-corrected chi connectivity index (χ2v) is 6.04. The zero-order chi connectivity index (χ0) is 13.1. The molecule has 104 valence electrons. The minimum Gasteiger partial charge on any atom is -0.376 e. The van der Waals surface area contributed by atoms with Crippen molar-refractivity contribution in [1.29, 1.82) is 0 Å². The van der Waals surface area contributed by atoms with E-state index in [1.165, 1.54) is 17.8 Å². The zero-order valence-electron chi connectivity index (χ0n) is 10.9. The Kier molecular flexibility index (Phi) is 3.98. The summed E-state index contributed by atoms with van der Waals surface area (Å²) in [4.78, 5) is 16.2. The van der Waals surface area contributed by atoms with E-state index in [1.807, 2.05) is 5.38 Å². The first kappa shape index (κ1) is 12.9. The zero-order valence-corrected chi connectivity index (χ0v) is 11.7. The molecule has 3 rings (SSSR count). The molecule has 19 heavy (non-hydrogen) atoms. The normalized spacial score (nSPS) is 22.4. The number of amides is 2. The molecule has 2 amide bonds. The third-order valence-electron chi connectivity index (χ3n) is 3.44. The number of hydrogen-bond donors (Lipinski definition) is 2. The van der Waals surface area contributed by atoms with Gasteiger partial charge in [-0.05, 0) is 25.7 Å². The highest BCUT2D eigenvalue weighted by Gasteiger charge is 2.26. The fourth-order valence-electron chi connectivity index (χ4n) is 2.17. The molecule has 1 aliphatic carbocycles. The number of carbonyl (C=O) groups excluding carboxylic acids is 1.